The molecular weight excluding hydrogens is 314 g/mol. The van der Waals surface area contributed by atoms with Crippen molar-refractivity contribution in [1.82, 2.24) is 0 Å². The summed E-state index contributed by atoms with van der Waals surface area (Å²) in [5.41, 5.74) is 8.21. The predicted octanol–water partition coefficient (Wildman–Crippen LogP) is 3.12. The van der Waals surface area contributed by atoms with Crippen LogP contribution in [0.3, 0.4) is 0 Å². The summed E-state index contributed by atoms with van der Waals surface area (Å²) >= 11 is 0. The maximum atomic E-state index is 12.1. The van der Waals surface area contributed by atoms with Crippen molar-refractivity contribution >= 4 is 18.4 Å². The summed E-state index contributed by atoms with van der Waals surface area (Å²) in [7, 11) is 0. The molecule has 0 radical (unpaired) electrons. The van der Waals surface area contributed by atoms with Crippen LogP contribution in [-0.2, 0) is 17.8 Å². The van der Waals surface area contributed by atoms with Crippen LogP contribution in [0.25, 0.3) is 0 Å². The number of rotatable bonds is 4. The van der Waals surface area contributed by atoms with Gasteiger partial charge in [0.1, 0.15) is 18.5 Å². The van der Waals surface area contributed by atoms with Gasteiger partial charge in [0.25, 0.3) is 0 Å². The molecule has 122 valence electrons. The zero-order valence-corrected chi connectivity index (χ0v) is 13.6. The van der Waals surface area contributed by atoms with E-state index < -0.39 is 0 Å². The monoisotopic (exact) mass is 333 g/mol. The number of hydrogen-bond donors (Lipinski definition) is 1. The Morgan fingerprint density at radius 1 is 1.22 bits per heavy atom. The van der Waals surface area contributed by atoms with Crippen LogP contribution in [0.4, 0.5) is 0 Å². The fraction of sp³-hybridized carbons (Fsp3) is 0.278. The second-order valence-corrected chi connectivity index (χ2v) is 5.40. The number of nitrogens with two attached hydrogens (primary N) is 1. The Bertz CT molecular complexity index is 661. The molecule has 2 N–H and O–H groups in total. The number of aryl methyl sites for hydroxylation is 1. The van der Waals surface area contributed by atoms with Crippen LogP contribution in [-0.4, -0.2) is 18.6 Å². The molecule has 0 saturated heterocycles. The van der Waals surface area contributed by atoms with E-state index in [1.165, 1.54) is 0 Å². The van der Waals surface area contributed by atoms with Crippen LogP contribution >= 0.6 is 12.4 Å². The minimum absolute atomic E-state index is 0. The zero-order valence-electron chi connectivity index (χ0n) is 12.7. The number of fused-ring (bicyclic) bond motifs is 1. The molecule has 0 amide bonds. The second-order valence-electron chi connectivity index (χ2n) is 5.40. The van der Waals surface area contributed by atoms with Gasteiger partial charge < -0.3 is 15.2 Å². The van der Waals surface area contributed by atoms with Gasteiger partial charge in [0, 0.05) is 6.54 Å². The minimum Gasteiger partial charge on any atom is -0.489 e. The van der Waals surface area contributed by atoms with Gasteiger partial charge in [-0.25, -0.2) is 4.79 Å². The van der Waals surface area contributed by atoms with E-state index in [9.17, 15) is 4.79 Å². The summed E-state index contributed by atoms with van der Waals surface area (Å²) < 4.78 is 11.1. The lowest BCUT2D eigenvalue weighted by molar-refractivity contribution is 0.0472. The van der Waals surface area contributed by atoms with E-state index in [0.29, 0.717) is 12.1 Å². The van der Waals surface area contributed by atoms with Crippen molar-refractivity contribution in [2.75, 3.05) is 6.54 Å². The number of carbonyl (C=O) groups excluding carboxylic acids is 1. The highest BCUT2D eigenvalue weighted by Crippen LogP contribution is 2.28. The minimum atomic E-state index is -0.312. The third kappa shape index (κ3) is 4.24. The maximum Gasteiger partial charge on any atom is 0.338 e. The molecule has 1 heterocycles. The first-order valence-electron chi connectivity index (χ1n) is 7.47. The lowest BCUT2D eigenvalue weighted by Gasteiger charge is -2.25. The molecule has 1 unspecified atom stereocenters. The van der Waals surface area contributed by atoms with E-state index in [1.807, 2.05) is 42.5 Å². The average molecular weight is 334 g/mol. The summed E-state index contributed by atoms with van der Waals surface area (Å²) in [5, 5.41) is 0. The van der Waals surface area contributed by atoms with Gasteiger partial charge in [0.2, 0.25) is 0 Å². The van der Waals surface area contributed by atoms with Gasteiger partial charge in [-0.3, -0.25) is 0 Å². The van der Waals surface area contributed by atoms with Crippen molar-refractivity contribution in [3.8, 4) is 5.75 Å². The van der Waals surface area contributed by atoms with Gasteiger partial charge in [-0.1, -0.05) is 30.3 Å². The van der Waals surface area contributed by atoms with Gasteiger partial charge >= 0.3 is 5.97 Å². The number of benzene rings is 2. The molecule has 0 saturated carbocycles. The Morgan fingerprint density at radius 2 is 2.00 bits per heavy atom. The smallest absolute Gasteiger partial charge is 0.338 e. The van der Waals surface area contributed by atoms with Gasteiger partial charge in [-0.05, 0) is 42.2 Å². The molecule has 0 aromatic heterocycles. The maximum absolute atomic E-state index is 12.1. The fourth-order valence-electron chi connectivity index (χ4n) is 2.54. The highest BCUT2D eigenvalue weighted by atomic mass is 35.5. The summed E-state index contributed by atoms with van der Waals surface area (Å²) in [4.78, 5) is 12.1. The van der Waals surface area contributed by atoms with E-state index in [0.717, 1.165) is 29.7 Å². The zero-order chi connectivity index (χ0) is 15.4. The molecule has 1 aliphatic rings. The summed E-state index contributed by atoms with van der Waals surface area (Å²) in [6.07, 6.45) is 1.83. The molecule has 23 heavy (non-hydrogen) atoms. The van der Waals surface area contributed by atoms with Crippen molar-refractivity contribution < 1.29 is 14.3 Å². The first kappa shape index (κ1) is 17.3. The van der Waals surface area contributed by atoms with E-state index in [1.54, 1.807) is 6.07 Å². The largest absolute Gasteiger partial charge is 0.489 e. The van der Waals surface area contributed by atoms with Gasteiger partial charge in [0.05, 0.1) is 5.56 Å². The molecule has 5 heteroatoms. The van der Waals surface area contributed by atoms with Crippen molar-refractivity contribution in [2.45, 2.75) is 25.6 Å². The van der Waals surface area contributed by atoms with Crippen LogP contribution < -0.4 is 10.5 Å². The molecule has 4 nitrogen and oxygen atoms in total. The second kappa shape index (κ2) is 7.99. The molecular formula is C18H20ClNO3. The SMILES string of the molecule is Cl.NCC1CCc2cc(C(=O)OCc3ccccc3)ccc2O1. The lowest BCUT2D eigenvalue weighted by atomic mass is 10.00. The highest BCUT2D eigenvalue weighted by Gasteiger charge is 2.20. The van der Waals surface area contributed by atoms with Crippen molar-refractivity contribution in [3.05, 3.63) is 65.2 Å². The first-order chi connectivity index (χ1) is 10.8. The number of halogens is 1. The number of ether oxygens (including phenoxy) is 2. The summed E-state index contributed by atoms with van der Waals surface area (Å²) in [5.74, 6) is 0.508. The van der Waals surface area contributed by atoms with Crippen molar-refractivity contribution in [2.24, 2.45) is 5.73 Å². The van der Waals surface area contributed by atoms with Crippen LogP contribution in [0.15, 0.2) is 48.5 Å². The van der Waals surface area contributed by atoms with Crippen LogP contribution in [0.1, 0.15) is 27.9 Å². The topological polar surface area (TPSA) is 61.6 Å². The summed E-state index contributed by atoms with van der Waals surface area (Å²) in [6.45, 7) is 0.794. The van der Waals surface area contributed by atoms with E-state index in [-0.39, 0.29) is 31.1 Å². The lowest BCUT2D eigenvalue weighted by Crippen LogP contribution is -2.30. The Balaban J connectivity index is 0.00000192. The Labute approximate surface area is 142 Å². The van der Waals surface area contributed by atoms with Gasteiger partial charge in [-0.15, -0.1) is 12.4 Å². The molecule has 0 bridgehead atoms. The standard InChI is InChI=1S/C18H19NO3.ClH/c19-11-16-8-6-14-10-15(7-9-17(14)22-16)18(20)21-12-13-4-2-1-3-5-13;/h1-5,7,9-10,16H,6,8,11-12,19H2;1H. The van der Waals surface area contributed by atoms with Crippen LogP contribution in [0.5, 0.6) is 5.75 Å². The molecule has 2 aromatic carbocycles. The molecule has 1 atom stereocenters. The molecule has 3 rings (SSSR count). The van der Waals surface area contributed by atoms with Crippen molar-refractivity contribution in [3.63, 3.8) is 0 Å². The molecule has 0 fully saturated rings. The Morgan fingerprint density at radius 3 is 2.74 bits per heavy atom. The summed E-state index contributed by atoms with van der Waals surface area (Å²) in [6, 6.07) is 15.1. The third-order valence-corrected chi connectivity index (χ3v) is 3.80. The van der Waals surface area contributed by atoms with E-state index in [4.69, 9.17) is 15.2 Å². The fourth-order valence-corrected chi connectivity index (χ4v) is 2.54. The average Bonchev–Trinajstić information content (AvgIpc) is 2.59. The van der Waals surface area contributed by atoms with E-state index >= 15 is 0 Å². The molecule has 1 aliphatic heterocycles. The number of esters is 1. The molecule has 2 aromatic rings. The highest BCUT2D eigenvalue weighted by molar-refractivity contribution is 5.89. The number of hydrogen-bond acceptors (Lipinski definition) is 4. The van der Waals surface area contributed by atoms with Crippen molar-refractivity contribution in [1.29, 1.82) is 0 Å². The molecule has 0 spiro atoms. The van der Waals surface area contributed by atoms with Crippen LogP contribution in [0, 0.1) is 0 Å². The predicted molar refractivity (Wildman–Crippen MR) is 91.0 cm³/mol. The Hall–Kier alpha value is -2.04. The third-order valence-electron chi connectivity index (χ3n) is 3.80. The van der Waals surface area contributed by atoms with Crippen LogP contribution in [0.2, 0.25) is 0 Å². The first-order valence-corrected chi connectivity index (χ1v) is 7.47. The quantitative estimate of drug-likeness (QED) is 0.873. The van der Waals surface area contributed by atoms with Gasteiger partial charge in [0.15, 0.2) is 0 Å². The number of carbonyl (C=O) groups is 1. The van der Waals surface area contributed by atoms with Gasteiger partial charge in [-0.2, -0.15) is 0 Å². The molecule has 0 aliphatic carbocycles. The van der Waals surface area contributed by atoms with E-state index in [2.05, 4.69) is 0 Å². The Kier molecular flexibility index (Phi) is 6.02. The normalized spacial score (nSPS) is 15.8.